The van der Waals surface area contributed by atoms with Gasteiger partial charge in [-0.15, -0.1) is 0 Å². The summed E-state index contributed by atoms with van der Waals surface area (Å²) in [7, 11) is 0. The molecule has 0 atom stereocenters. The topological polar surface area (TPSA) is 86.5 Å². The van der Waals surface area contributed by atoms with Gasteiger partial charge in [0.25, 0.3) is 5.91 Å². The summed E-state index contributed by atoms with van der Waals surface area (Å²) < 4.78 is 27.7. The Kier molecular flexibility index (Phi) is 3.95. The molecule has 2 heterocycles. The van der Waals surface area contributed by atoms with Crippen molar-refractivity contribution in [3.8, 4) is 11.5 Å². The van der Waals surface area contributed by atoms with Gasteiger partial charge in [-0.25, -0.2) is 13.8 Å². The molecule has 0 aliphatic rings. The lowest BCUT2D eigenvalue weighted by Gasteiger charge is -2.06. The Morgan fingerprint density at radius 2 is 1.81 bits per heavy atom. The number of aromatic nitrogens is 4. The third kappa shape index (κ3) is 2.95. The number of benzene rings is 2. The fraction of sp³-hybridized carbons (Fsp3) is 0.105. The van der Waals surface area contributed by atoms with Gasteiger partial charge in [0.15, 0.2) is 11.5 Å². The monoisotopic (exact) mass is 367 g/mol. The number of carbonyl (C=O) groups excluding carboxylic acids is 1. The highest BCUT2D eigenvalue weighted by Crippen LogP contribution is 2.27. The highest BCUT2D eigenvalue weighted by atomic mass is 19.1. The van der Waals surface area contributed by atoms with E-state index >= 15 is 0 Å². The van der Waals surface area contributed by atoms with Crippen molar-refractivity contribution in [1.82, 2.24) is 20.2 Å². The van der Waals surface area contributed by atoms with Crippen LogP contribution in [-0.2, 0) is 0 Å². The average molecular weight is 367 g/mol. The Bertz CT molecular complexity index is 1120. The molecule has 0 spiro atoms. The molecule has 0 unspecified atom stereocenters. The number of amides is 1. The SMILES string of the molecule is Cc1cc2nc(-c3n[nH]cc3NC(=O)c3c(F)cccc3F)[nH]c2cc1C. The maximum Gasteiger partial charge on any atom is 0.261 e. The molecular weight excluding hydrogens is 352 g/mol. The summed E-state index contributed by atoms with van der Waals surface area (Å²) in [5.74, 6) is -2.35. The lowest BCUT2D eigenvalue weighted by Crippen LogP contribution is -2.16. The van der Waals surface area contributed by atoms with Gasteiger partial charge in [0.05, 0.1) is 16.7 Å². The van der Waals surface area contributed by atoms with E-state index in [0.717, 1.165) is 34.3 Å². The molecule has 0 bridgehead atoms. The molecule has 0 aliphatic carbocycles. The minimum absolute atomic E-state index is 0.259. The second-order valence-electron chi connectivity index (χ2n) is 6.24. The Morgan fingerprint density at radius 3 is 2.56 bits per heavy atom. The molecule has 2 aromatic carbocycles. The fourth-order valence-corrected chi connectivity index (χ4v) is 2.85. The van der Waals surface area contributed by atoms with Gasteiger partial charge in [0, 0.05) is 6.20 Å². The van der Waals surface area contributed by atoms with Crippen molar-refractivity contribution < 1.29 is 13.6 Å². The fourth-order valence-electron chi connectivity index (χ4n) is 2.85. The van der Waals surface area contributed by atoms with Crippen molar-refractivity contribution in [2.75, 3.05) is 5.32 Å². The van der Waals surface area contributed by atoms with Crippen molar-refractivity contribution in [3.05, 3.63) is 64.9 Å². The Hall–Kier alpha value is -3.55. The van der Waals surface area contributed by atoms with Crippen LogP contribution in [0.15, 0.2) is 36.5 Å². The molecule has 1 amide bonds. The summed E-state index contributed by atoms with van der Waals surface area (Å²) in [6.45, 7) is 3.99. The van der Waals surface area contributed by atoms with Crippen LogP contribution in [0.1, 0.15) is 21.5 Å². The summed E-state index contributed by atoms with van der Waals surface area (Å²) in [6.07, 6.45) is 1.43. The number of imidazole rings is 1. The molecule has 27 heavy (non-hydrogen) atoms. The number of halogens is 2. The van der Waals surface area contributed by atoms with E-state index in [0.29, 0.717) is 11.5 Å². The maximum atomic E-state index is 13.8. The van der Waals surface area contributed by atoms with Crippen LogP contribution in [0.2, 0.25) is 0 Å². The second kappa shape index (κ2) is 6.31. The Morgan fingerprint density at radius 1 is 1.11 bits per heavy atom. The first-order chi connectivity index (χ1) is 12.9. The number of anilines is 1. The van der Waals surface area contributed by atoms with Gasteiger partial charge in [0.2, 0.25) is 0 Å². The first kappa shape index (κ1) is 16.9. The number of H-pyrrole nitrogens is 2. The van der Waals surface area contributed by atoms with E-state index in [9.17, 15) is 13.6 Å². The molecule has 0 aliphatic heterocycles. The van der Waals surface area contributed by atoms with E-state index in [-0.39, 0.29) is 5.69 Å². The van der Waals surface area contributed by atoms with Gasteiger partial charge < -0.3 is 10.3 Å². The Balaban J connectivity index is 1.70. The first-order valence-electron chi connectivity index (χ1n) is 8.20. The molecule has 0 saturated heterocycles. The number of nitrogens with zero attached hydrogens (tertiary/aromatic N) is 2. The van der Waals surface area contributed by atoms with Crippen molar-refractivity contribution in [3.63, 3.8) is 0 Å². The minimum atomic E-state index is -0.938. The van der Waals surface area contributed by atoms with Crippen molar-refractivity contribution in [2.45, 2.75) is 13.8 Å². The van der Waals surface area contributed by atoms with Crippen molar-refractivity contribution in [2.24, 2.45) is 0 Å². The quantitative estimate of drug-likeness (QED) is 0.509. The zero-order chi connectivity index (χ0) is 19.1. The molecule has 0 saturated carbocycles. The normalized spacial score (nSPS) is 11.1. The number of aryl methyl sites for hydroxylation is 2. The van der Waals surface area contributed by atoms with E-state index in [4.69, 9.17) is 0 Å². The number of carbonyl (C=O) groups is 1. The lowest BCUT2D eigenvalue weighted by atomic mass is 10.1. The van der Waals surface area contributed by atoms with Gasteiger partial charge in [0.1, 0.15) is 17.2 Å². The molecule has 136 valence electrons. The molecule has 8 heteroatoms. The van der Waals surface area contributed by atoms with E-state index in [1.165, 1.54) is 12.3 Å². The van der Waals surface area contributed by atoms with Crippen LogP contribution < -0.4 is 5.32 Å². The third-order valence-corrected chi connectivity index (χ3v) is 4.40. The third-order valence-electron chi connectivity index (χ3n) is 4.40. The van der Waals surface area contributed by atoms with Crippen LogP contribution in [0, 0.1) is 25.5 Å². The van der Waals surface area contributed by atoms with Crippen molar-refractivity contribution in [1.29, 1.82) is 0 Å². The van der Waals surface area contributed by atoms with Crippen LogP contribution in [-0.4, -0.2) is 26.1 Å². The minimum Gasteiger partial charge on any atom is -0.337 e. The summed E-state index contributed by atoms with van der Waals surface area (Å²) in [6, 6.07) is 7.17. The van der Waals surface area contributed by atoms with Crippen LogP contribution in [0.3, 0.4) is 0 Å². The highest BCUT2D eigenvalue weighted by Gasteiger charge is 2.20. The van der Waals surface area contributed by atoms with Gasteiger partial charge in [-0.2, -0.15) is 5.10 Å². The number of rotatable bonds is 3. The number of fused-ring (bicyclic) bond motifs is 1. The van der Waals surface area contributed by atoms with Gasteiger partial charge in [-0.1, -0.05) is 6.07 Å². The van der Waals surface area contributed by atoms with Gasteiger partial charge in [-0.05, 0) is 49.2 Å². The van der Waals surface area contributed by atoms with Crippen LogP contribution in [0.5, 0.6) is 0 Å². The predicted octanol–water partition coefficient (Wildman–Crippen LogP) is 4.10. The summed E-state index contributed by atoms with van der Waals surface area (Å²) >= 11 is 0. The second-order valence-corrected chi connectivity index (χ2v) is 6.24. The van der Waals surface area contributed by atoms with Gasteiger partial charge >= 0.3 is 0 Å². The van der Waals surface area contributed by atoms with E-state index in [1.807, 2.05) is 26.0 Å². The lowest BCUT2D eigenvalue weighted by molar-refractivity contribution is 0.101. The standard InChI is InChI=1S/C19H15F2N5O/c1-9-6-13-14(7-10(9)2)24-18(23-13)17-15(8-22-26-17)25-19(27)16-11(20)4-3-5-12(16)21/h3-8H,1-2H3,(H,22,26)(H,23,24)(H,25,27). The van der Waals surface area contributed by atoms with Crippen LogP contribution in [0.4, 0.5) is 14.5 Å². The maximum absolute atomic E-state index is 13.8. The largest absolute Gasteiger partial charge is 0.337 e. The van der Waals surface area contributed by atoms with Crippen LogP contribution in [0.25, 0.3) is 22.6 Å². The van der Waals surface area contributed by atoms with Crippen LogP contribution >= 0.6 is 0 Å². The number of hydrogen-bond acceptors (Lipinski definition) is 3. The number of aromatic amines is 2. The average Bonchev–Trinajstić information content (AvgIpc) is 3.21. The summed E-state index contributed by atoms with van der Waals surface area (Å²) in [5, 5.41) is 9.22. The van der Waals surface area contributed by atoms with E-state index < -0.39 is 23.1 Å². The van der Waals surface area contributed by atoms with E-state index in [2.05, 4.69) is 25.5 Å². The smallest absolute Gasteiger partial charge is 0.261 e. The predicted molar refractivity (Wildman–Crippen MR) is 97.5 cm³/mol. The van der Waals surface area contributed by atoms with Gasteiger partial charge in [-0.3, -0.25) is 9.89 Å². The number of hydrogen-bond donors (Lipinski definition) is 3. The highest BCUT2D eigenvalue weighted by molar-refractivity contribution is 6.06. The molecule has 6 nitrogen and oxygen atoms in total. The molecule has 4 rings (SSSR count). The molecule has 0 fully saturated rings. The Labute approximate surface area is 152 Å². The first-order valence-corrected chi connectivity index (χ1v) is 8.20. The molecule has 3 N–H and O–H groups in total. The molecular formula is C19H15F2N5O. The van der Waals surface area contributed by atoms with E-state index in [1.54, 1.807) is 0 Å². The summed E-state index contributed by atoms with van der Waals surface area (Å²) in [4.78, 5) is 20.0. The molecule has 0 radical (unpaired) electrons. The summed E-state index contributed by atoms with van der Waals surface area (Å²) in [5.41, 5.74) is 3.75. The zero-order valence-corrected chi connectivity index (χ0v) is 14.5. The van der Waals surface area contributed by atoms with Crippen molar-refractivity contribution >= 4 is 22.6 Å². The molecule has 2 aromatic heterocycles. The molecule has 4 aromatic rings. The zero-order valence-electron chi connectivity index (χ0n) is 14.5. The number of nitrogens with one attached hydrogen (secondary N) is 3.